The summed E-state index contributed by atoms with van der Waals surface area (Å²) in [5.74, 6) is 0.462. The molecule has 9 nitrogen and oxygen atoms in total. The maximum atomic E-state index is 12.8. The molecule has 174 valence electrons. The molecule has 0 radical (unpaired) electrons. The fraction of sp³-hybridized carbons (Fsp3) is 0.571. The van der Waals surface area contributed by atoms with Crippen LogP contribution in [-0.4, -0.2) is 71.6 Å². The number of carbonyl (C=O) groups excluding carboxylic acids is 1. The molecular formula is C21H28N4O5S2. The van der Waals surface area contributed by atoms with Crippen LogP contribution in [-0.2, 0) is 30.8 Å². The first-order valence-corrected chi connectivity index (χ1v) is 13.4. The minimum absolute atomic E-state index is 0.0570. The van der Waals surface area contributed by atoms with E-state index in [1.165, 1.54) is 16.1 Å². The van der Waals surface area contributed by atoms with Gasteiger partial charge in [-0.3, -0.25) is 9.36 Å². The summed E-state index contributed by atoms with van der Waals surface area (Å²) in [7, 11) is -3.47. The number of thioether (sulfide) groups is 1. The molecule has 0 unspecified atom stereocenters. The largest absolute Gasteiger partial charge is 0.465 e. The summed E-state index contributed by atoms with van der Waals surface area (Å²) in [5.41, 5.74) is 0.763. The fourth-order valence-electron chi connectivity index (χ4n) is 3.95. The van der Waals surface area contributed by atoms with Crippen molar-refractivity contribution < 1.29 is 22.7 Å². The van der Waals surface area contributed by atoms with Crippen molar-refractivity contribution >= 4 is 27.8 Å². The van der Waals surface area contributed by atoms with E-state index in [-0.39, 0.29) is 22.7 Å². The number of nitrogens with zero attached hydrogens (tertiary/aromatic N) is 4. The highest BCUT2D eigenvalue weighted by molar-refractivity contribution is 7.99. The van der Waals surface area contributed by atoms with Crippen molar-refractivity contribution in [1.29, 1.82) is 0 Å². The molecule has 2 aromatic rings. The molecule has 0 amide bonds. The molecular weight excluding hydrogens is 452 g/mol. The number of esters is 1. The van der Waals surface area contributed by atoms with Crippen LogP contribution in [0.4, 0.5) is 0 Å². The number of hydrogen-bond acceptors (Lipinski definition) is 8. The van der Waals surface area contributed by atoms with Gasteiger partial charge in [-0.15, -0.1) is 10.2 Å². The van der Waals surface area contributed by atoms with Gasteiger partial charge in [-0.1, -0.05) is 11.8 Å². The first-order valence-electron chi connectivity index (χ1n) is 10.9. The number of carbonyl (C=O) groups is 1. The first kappa shape index (κ1) is 23.2. The lowest BCUT2D eigenvalue weighted by Gasteiger charge is -2.16. The van der Waals surface area contributed by atoms with Crippen LogP contribution in [0.2, 0.25) is 0 Å². The van der Waals surface area contributed by atoms with E-state index in [1.807, 2.05) is 4.57 Å². The molecule has 0 bridgehead atoms. The standard InChI is InChI=1S/C21H28N4O5S2/c1-2-29-19(26)15-31-21-23-22-20(25(21)14-17-6-5-13-30-17)16-7-9-18(10-8-16)32(27,28)24-11-3-4-12-24/h7-10,17H,2-6,11-15H2,1H3/t17-/m0/s1. The molecule has 2 aliphatic heterocycles. The van der Waals surface area contributed by atoms with Gasteiger partial charge in [-0.05, 0) is 56.9 Å². The van der Waals surface area contributed by atoms with Gasteiger partial charge in [0, 0.05) is 25.3 Å². The lowest BCUT2D eigenvalue weighted by atomic mass is 10.2. The van der Waals surface area contributed by atoms with Gasteiger partial charge in [0.2, 0.25) is 10.0 Å². The number of ether oxygens (including phenoxy) is 2. The third-order valence-corrected chi connectivity index (χ3v) is 8.42. The van der Waals surface area contributed by atoms with Crippen molar-refractivity contribution in [2.75, 3.05) is 32.1 Å². The van der Waals surface area contributed by atoms with Gasteiger partial charge in [-0.25, -0.2) is 8.42 Å². The normalized spacial score (nSPS) is 19.5. The summed E-state index contributed by atoms with van der Waals surface area (Å²) in [4.78, 5) is 12.1. The third kappa shape index (κ3) is 5.16. The minimum Gasteiger partial charge on any atom is -0.465 e. The Morgan fingerprint density at radius 2 is 1.94 bits per heavy atom. The van der Waals surface area contributed by atoms with Crippen molar-refractivity contribution in [3.63, 3.8) is 0 Å². The number of sulfonamides is 1. The van der Waals surface area contributed by atoms with Crippen molar-refractivity contribution in [3.8, 4) is 11.4 Å². The van der Waals surface area contributed by atoms with Crippen LogP contribution in [0.5, 0.6) is 0 Å². The zero-order valence-corrected chi connectivity index (χ0v) is 19.7. The summed E-state index contributed by atoms with van der Waals surface area (Å²) in [5, 5.41) is 9.24. The molecule has 11 heteroatoms. The summed E-state index contributed by atoms with van der Waals surface area (Å²) in [6, 6.07) is 6.77. The molecule has 4 rings (SSSR count). The van der Waals surface area contributed by atoms with Gasteiger partial charge in [0.25, 0.3) is 0 Å². The molecule has 0 N–H and O–H groups in total. The van der Waals surface area contributed by atoms with Gasteiger partial charge in [0.05, 0.1) is 29.9 Å². The van der Waals surface area contributed by atoms with Crippen LogP contribution >= 0.6 is 11.8 Å². The van der Waals surface area contributed by atoms with E-state index in [1.54, 1.807) is 31.2 Å². The van der Waals surface area contributed by atoms with Crippen LogP contribution < -0.4 is 0 Å². The van der Waals surface area contributed by atoms with Gasteiger partial charge < -0.3 is 9.47 Å². The Morgan fingerprint density at radius 1 is 1.19 bits per heavy atom. The molecule has 1 atom stereocenters. The number of benzene rings is 1. The predicted octanol–water partition coefficient (Wildman–Crippen LogP) is 2.56. The summed E-state index contributed by atoms with van der Waals surface area (Å²) in [6.45, 7) is 4.55. The van der Waals surface area contributed by atoms with Crippen LogP contribution in [0.1, 0.15) is 32.6 Å². The van der Waals surface area contributed by atoms with E-state index in [0.717, 1.165) is 37.9 Å². The second-order valence-corrected chi connectivity index (χ2v) is 10.7. The Balaban J connectivity index is 1.58. The Hall–Kier alpha value is -1.95. The summed E-state index contributed by atoms with van der Waals surface area (Å²) >= 11 is 1.27. The van der Waals surface area contributed by atoms with E-state index in [4.69, 9.17) is 9.47 Å². The van der Waals surface area contributed by atoms with Gasteiger partial charge in [0.1, 0.15) is 0 Å². The molecule has 0 saturated carbocycles. The highest BCUT2D eigenvalue weighted by Gasteiger charge is 2.27. The smallest absolute Gasteiger partial charge is 0.316 e. The molecule has 1 aromatic heterocycles. The lowest BCUT2D eigenvalue weighted by molar-refractivity contribution is -0.139. The van der Waals surface area contributed by atoms with Crippen molar-refractivity contribution in [3.05, 3.63) is 24.3 Å². The second kappa shape index (κ2) is 10.3. The van der Waals surface area contributed by atoms with Crippen LogP contribution in [0, 0.1) is 0 Å². The Bertz CT molecular complexity index is 1030. The summed E-state index contributed by atoms with van der Waals surface area (Å²) in [6.07, 6.45) is 3.82. The van der Waals surface area contributed by atoms with E-state index < -0.39 is 10.0 Å². The zero-order valence-electron chi connectivity index (χ0n) is 18.1. The van der Waals surface area contributed by atoms with E-state index in [9.17, 15) is 13.2 Å². The Labute approximate surface area is 192 Å². The Kier molecular flexibility index (Phi) is 7.49. The minimum atomic E-state index is -3.47. The average Bonchev–Trinajstić information content (AvgIpc) is 3.56. The molecule has 32 heavy (non-hydrogen) atoms. The molecule has 1 aromatic carbocycles. The maximum absolute atomic E-state index is 12.8. The van der Waals surface area contributed by atoms with Crippen LogP contribution in [0.15, 0.2) is 34.3 Å². The number of rotatable bonds is 9. The van der Waals surface area contributed by atoms with Crippen molar-refractivity contribution in [2.24, 2.45) is 0 Å². The highest BCUT2D eigenvalue weighted by Crippen LogP contribution is 2.28. The van der Waals surface area contributed by atoms with E-state index >= 15 is 0 Å². The van der Waals surface area contributed by atoms with Gasteiger partial charge in [-0.2, -0.15) is 4.31 Å². The quantitative estimate of drug-likeness (QED) is 0.398. The predicted molar refractivity (Wildman–Crippen MR) is 120 cm³/mol. The van der Waals surface area contributed by atoms with E-state index in [0.29, 0.717) is 37.2 Å². The molecule has 2 aliphatic rings. The SMILES string of the molecule is CCOC(=O)CSc1nnc(-c2ccc(S(=O)(=O)N3CCCC3)cc2)n1C[C@@H]1CCCO1. The molecule has 2 fully saturated rings. The maximum Gasteiger partial charge on any atom is 0.316 e. The third-order valence-electron chi connectivity index (χ3n) is 5.57. The van der Waals surface area contributed by atoms with Crippen LogP contribution in [0.25, 0.3) is 11.4 Å². The zero-order chi connectivity index (χ0) is 22.6. The monoisotopic (exact) mass is 480 g/mol. The second-order valence-electron chi connectivity index (χ2n) is 7.78. The topological polar surface area (TPSA) is 104 Å². The molecule has 3 heterocycles. The average molecular weight is 481 g/mol. The van der Waals surface area contributed by atoms with E-state index in [2.05, 4.69) is 10.2 Å². The summed E-state index contributed by atoms with van der Waals surface area (Å²) < 4.78 is 39.9. The molecule has 0 spiro atoms. The molecule has 2 saturated heterocycles. The van der Waals surface area contributed by atoms with Crippen molar-refractivity contribution in [1.82, 2.24) is 19.1 Å². The number of hydrogen-bond donors (Lipinski definition) is 0. The van der Waals surface area contributed by atoms with Gasteiger partial charge in [0.15, 0.2) is 11.0 Å². The lowest BCUT2D eigenvalue weighted by Crippen LogP contribution is -2.27. The van der Waals surface area contributed by atoms with Gasteiger partial charge >= 0.3 is 5.97 Å². The van der Waals surface area contributed by atoms with Crippen LogP contribution in [0.3, 0.4) is 0 Å². The fourth-order valence-corrected chi connectivity index (χ4v) is 6.21. The highest BCUT2D eigenvalue weighted by atomic mass is 32.2. The molecule has 0 aliphatic carbocycles. The number of aromatic nitrogens is 3. The first-order chi connectivity index (χ1) is 15.5. The van der Waals surface area contributed by atoms with Crippen molar-refractivity contribution in [2.45, 2.75) is 55.3 Å². The Morgan fingerprint density at radius 3 is 2.59 bits per heavy atom.